The summed E-state index contributed by atoms with van der Waals surface area (Å²) in [6.45, 7) is 2.44. The molecule has 2 aliphatic heterocycles. The highest BCUT2D eigenvalue weighted by Gasteiger charge is 2.39. The Kier molecular flexibility index (Phi) is 3.19. The van der Waals surface area contributed by atoms with E-state index in [0.29, 0.717) is 12.6 Å². The van der Waals surface area contributed by atoms with Gasteiger partial charge in [-0.05, 0) is 31.5 Å². The van der Waals surface area contributed by atoms with Crippen LogP contribution in [0.5, 0.6) is 0 Å². The van der Waals surface area contributed by atoms with Crippen molar-refractivity contribution in [1.29, 1.82) is 0 Å². The number of rotatable bonds is 2. The summed E-state index contributed by atoms with van der Waals surface area (Å²) >= 11 is 0. The van der Waals surface area contributed by atoms with E-state index in [0.717, 1.165) is 25.9 Å². The van der Waals surface area contributed by atoms with Gasteiger partial charge in [-0.15, -0.1) is 0 Å². The Morgan fingerprint density at radius 1 is 1.17 bits per heavy atom. The first kappa shape index (κ1) is 11.5. The van der Waals surface area contributed by atoms with Crippen molar-refractivity contribution in [2.24, 2.45) is 0 Å². The Bertz CT molecular complexity index is 415. The minimum Gasteiger partial charge on any atom is -0.447 e. The number of nitrogens with zero attached hydrogens (tertiary/aromatic N) is 1. The van der Waals surface area contributed by atoms with E-state index < -0.39 is 0 Å². The van der Waals surface area contributed by atoms with E-state index in [1.54, 1.807) is 0 Å². The smallest absolute Gasteiger partial charge is 0.410 e. The lowest BCUT2D eigenvalue weighted by Gasteiger charge is -2.33. The molecule has 2 fully saturated rings. The second-order valence-corrected chi connectivity index (χ2v) is 4.89. The van der Waals surface area contributed by atoms with Crippen LogP contribution in [0.4, 0.5) is 4.79 Å². The van der Waals surface area contributed by atoms with E-state index in [-0.39, 0.29) is 12.1 Å². The van der Waals surface area contributed by atoms with Crippen molar-refractivity contribution in [3.63, 3.8) is 0 Å². The minimum atomic E-state index is -0.157. The van der Waals surface area contributed by atoms with Gasteiger partial charge in [-0.1, -0.05) is 30.3 Å². The summed E-state index contributed by atoms with van der Waals surface area (Å²) in [5.74, 6) is 0. The lowest BCUT2D eigenvalue weighted by Crippen LogP contribution is -2.44. The van der Waals surface area contributed by atoms with Crippen LogP contribution in [0.3, 0.4) is 0 Å². The highest BCUT2D eigenvalue weighted by atomic mass is 16.6. The summed E-state index contributed by atoms with van der Waals surface area (Å²) in [6, 6.07) is 10.6. The molecule has 3 rings (SSSR count). The number of nitrogens with one attached hydrogen (secondary N) is 1. The predicted molar refractivity (Wildman–Crippen MR) is 68.3 cm³/mol. The zero-order valence-electron chi connectivity index (χ0n) is 10.3. The number of carbonyl (C=O) groups excluding carboxylic acids is 1. The molecule has 0 aliphatic carbocycles. The number of hydrogen-bond acceptors (Lipinski definition) is 3. The van der Waals surface area contributed by atoms with Crippen molar-refractivity contribution < 1.29 is 9.53 Å². The van der Waals surface area contributed by atoms with Crippen molar-refractivity contribution in [3.8, 4) is 0 Å². The molecule has 96 valence electrons. The van der Waals surface area contributed by atoms with Gasteiger partial charge < -0.3 is 10.1 Å². The van der Waals surface area contributed by atoms with Crippen LogP contribution in [0.15, 0.2) is 30.3 Å². The molecule has 18 heavy (non-hydrogen) atoms. The normalized spacial score (nSPS) is 25.2. The van der Waals surface area contributed by atoms with E-state index in [9.17, 15) is 4.79 Å². The molecular weight excluding hydrogens is 228 g/mol. The average Bonchev–Trinajstić information content (AvgIpc) is 2.83. The average molecular weight is 246 g/mol. The molecular formula is C14H18N2O2. The summed E-state index contributed by atoms with van der Waals surface area (Å²) < 4.78 is 5.25. The van der Waals surface area contributed by atoms with Gasteiger partial charge in [0, 0.05) is 6.04 Å². The van der Waals surface area contributed by atoms with Crippen molar-refractivity contribution >= 4 is 6.09 Å². The van der Waals surface area contributed by atoms with E-state index in [4.69, 9.17) is 4.74 Å². The van der Waals surface area contributed by atoms with Crippen LogP contribution in [0.1, 0.15) is 24.4 Å². The second-order valence-electron chi connectivity index (χ2n) is 4.89. The van der Waals surface area contributed by atoms with Crippen LogP contribution in [-0.2, 0) is 4.74 Å². The van der Waals surface area contributed by atoms with Gasteiger partial charge in [-0.25, -0.2) is 4.79 Å². The van der Waals surface area contributed by atoms with Gasteiger partial charge in [-0.3, -0.25) is 4.90 Å². The third-order valence-electron chi connectivity index (χ3n) is 3.80. The molecule has 1 amide bonds. The number of ether oxygens (including phenoxy) is 1. The van der Waals surface area contributed by atoms with Gasteiger partial charge in [0.1, 0.15) is 6.61 Å². The first-order valence-electron chi connectivity index (χ1n) is 6.57. The van der Waals surface area contributed by atoms with Crippen molar-refractivity contribution in [3.05, 3.63) is 35.9 Å². The Labute approximate surface area is 107 Å². The van der Waals surface area contributed by atoms with Gasteiger partial charge in [-0.2, -0.15) is 0 Å². The number of carbonyl (C=O) groups is 1. The van der Waals surface area contributed by atoms with E-state index in [2.05, 4.69) is 17.4 Å². The molecule has 1 aromatic carbocycles. The monoisotopic (exact) mass is 246 g/mol. The predicted octanol–water partition coefficient (Wildman–Crippen LogP) is 1.93. The largest absolute Gasteiger partial charge is 0.447 e. The molecule has 2 heterocycles. The summed E-state index contributed by atoms with van der Waals surface area (Å²) in [4.78, 5) is 13.9. The molecule has 1 aromatic rings. The number of benzene rings is 1. The van der Waals surface area contributed by atoms with Gasteiger partial charge in [0.05, 0.1) is 6.04 Å². The molecule has 0 spiro atoms. The molecule has 0 saturated carbocycles. The third-order valence-corrected chi connectivity index (χ3v) is 3.80. The van der Waals surface area contributed by atoms with Crippen LogP contribution in [0.25, 0.3) is 0 Å². The van der Waals surface area contributed by atoms with Crippen LogP contribution < -0.4 is 5.32 Å². The fourth-order valence-electron chi connectivity index (χ4n) is 2.85. The molecule has 0 unspecified atom stereocenters. The van der Waals surface area contributed by atoms with Crippen molar-refractivity contribution in [1.82, 2.24) is 10.2 Å². The lowest BCUT2D eigenvalue weighted by atomic mass is 10.0. The van der Waals surface area contributed by atoms with Gasteiger partial charge >= 0.3 is 6.09 Å². The topological polar surface area (TPSA) is 41.6 Å². The number of piperidine rings is 1. The third kappa shape index (κ3) is 2.08. The molecule has 0 aromatic heterocycles. The van der Waals surface area contributed by atoms with E-state index in [1.807, 2.05) is 23.1 Å². The standard InChI is InChI=1S/C14H18N2O2/c17-14-16(12-6-8-15-9-7-12)13(10-18-14)11-4-2-1-3-5-11/h1-5,12-13,15H,6-10H2/t13-/m1/s1. The zero-order valence-corrected chi connectivity index (χ0v) is 10.3. The highest BCUT2D eigenvalue weighted by Crippen LogP contribution is 2.31. The maximum atomic E-state index is 11.9. The SMILES string of the molecule is O=C1OC[C@H](c2ccccc2)N1C1CCNCC1. The fourth-order valence-corrected chi connectivity index (χ4v) is 2.85. The molecule has 0 radical (unpaired) electrons. The van der Waals surface area contributed by atoms with Crippen LogP contribution in [0, 0.1) is 0 Å². The first-order valence-corrected chi connectivity index (χ1v) is 6.57. The minimum absolute atomic E-state index is 0.0850. The Balaban J connectivity index is 1.83. The molecule has 2 aliphatic rings. The molecule has 2 saturated heterocycles. The summed E-state index contributed by atoms with van der Waals surface area (Å²) in [6.07, 6.45) is 1.87. The van der Waals surface area contributed by atoms with E-state index >= 15 is 0 Å². The summed E-state index contributed by atoms with van der Waals surface area (Å²) in [5, 5.41) is 3.33. The van der Waals surface area contributed by atoms with Crippen LogP contribution >= 0.6 is 0 Å². The molecule has 0 bridgehead atoms. The number of amides is 1. The van der Waals surface area contributed by atoms with Crippen molar-refractivity contribution in [2.45, 2.75) is 24.9 Å². The molecule has 4 nitrogen and oxygen atoms in total. The number of cyclic esters (lactones) is 1. The summed E-state index contributed by atoms with van der Waals surface area (Å²) in [7, 11) is 0. The first-order chi connectivity index (χ1) is 8.86. The number of hydrogen-bond donors (Lipinski definition) is 1. The van der Waals surface area contributed by atoms with Crippen molar-refractivity contribution in [2.75, 3.05) is 19.7 Å². The Morgan fingerprint density at radius 3 is 2.61 bits per heavy atom. The van der Waals surface area contributed by atoms with Crippen LogP contribution in [0.2, 0.25) is 0 Å². The van der Waals surface area contributed by atoms with Crippen LogP contribution in [-0.4, -0.2) is 36.7 Å². The van der Waals surface area contributed by atoms with E-state index in [1.165, 1.54) is 5.56 Å². The maximum absolute atomic E-state index is 11.9. The Morgan fingerprint density at radius 2 is 1.89 bits per heavy atom. The fraction of sp³-hybridized carbons (Fsp3) is 0.500. The second kappa shape index (κ2) is 4.98. The lowest BCUT2D eigenvalue weighted by molar-refractivity contribution is 0.134. The van der Waals surface area contributed by atoms with Gasteiger partial charge in [0.2, 0.25) is 0 Å². The zero-order chi connectivity index (χ0) is 12.4. The van der Waals surface area contributed by atoms with Gasteiger partial charge in [0.15, 0.2) is 0 Å². The maximum Gasteiger partial charge on any atom is 0.410 e. The molecule has 4 heteroatoms. The summed E-state index contributed by atoms with van der Waals surface area (Å²) in [5.41, 5.74) is 1.17. The Hall–Kier alpha value is -1.55. The molecule has 1 N–H and O–H groups in total. The highest BCUT2D eigenvalue weighted by molar-refractivity contribution is 5.71. The quantitative estimate of drug-likeness (QED) is 0.867. The molecule has 1 atom stereocenters. The van der Waals surface area contributed by atoms with Gasteiger partial charge in [0.25, 0.3) is 0 Å².